The highest BCUT2D eigenvalue weighted by Crippen LogP contribution is 2.39. The normalized spacial score (nSPS) is 20.2. The number of aliphatic hydroxyl groups excluding tert-OH is 1. The molecule has 1 atom stereocenters. The first-order valence-corrected chi connectivity index (χ1v) is 7.08. The summed E-state index contributed by atoms with van der Waals surface area (Å²) in [5, 5.41) is 13.0. The summed E-state index contributed by atoms with van der Waals surface area (Å²) in [5.74, 6) is 0.578. The van der Waals surface area contributed by atoms with Crippen molar-refractivity contribution in [1.82, 2.24) is 9.55 Å². The molecule has 0 saturated carbocycles. The van der Waals surface area contributed by atoms with Crippen LogP contribution in [0.4, 0.5) is 11.4 Å². The number of hydrogen-bond acceptors (Lipinski definition) is 4. The zero-order valence-corrected chi connectivity index (χ0v) is 11.8. The minimum atomic E-state index is -1.13. The van der Waals surface area contributed by atoms with Crippen LogP contribution in [0.25, 0.3) is 0 Å². The fourth-order valence-corrected chi connectivity index (χ4v) is 3.17. The highest BCUT2D eigenvalue weighted by Gasteiger charge is 2.30. The average Bonchev–Trinajstić information content (AvgIpc) is 3.04. The van der Waals surface area contributed by atoms with Crippen molar-refractivity contribution in [2.75, 3.05) is 16.8 Å². The largest absolute Gasteiger partial charge is 0.378 e. The Morgan fingerprint density at radius 3 is 3.10 bits per heavy atom. The third-order valence-corrected chi connectivity index (χ3v) is 4.31. The van der Waals surface area contributed by atoms with E-state index in [9.17, 15) is 9.90 Å². The van der Waals surface area contributed by atoms with E-state index in [-0.39, 0.29) is 0 Å². The molecule has 0 bridgehead atoms. The second-order valence-electron chi connectivity index (χ2n) is 5.24. The second-order valence-corrected chi connectivity index (χ2v) is 5.65. The second kappa shape index (κ2) is 4.47. The third-order valence-electron chi connectivity index (χ3n) is 4.01. The number of nitrogens with zero attached hydrogens (tertiary/aromatic N) is 3. The number of hydrogen-bond donors (Lipinski definition) is 2. The summed E-state index contributed by atoms with van der Waals surface area (Å²) in [4.78, 5) is 18.0. The van der Waals surface area contributed by atoms with Crippen LogP contribution in [0, 0.1) is 0 Å². The van der Waals surface area contributed by atoms with E-state index in [1.165, 1.54) is 0 Å². The summed E-state index contributed by atoms with van der Waals surface area (Å²) in [6.07, 6.45) is 2.62. The lowest BCUT2D eigenvalue weighted by atomic mass is 10.1. The number of carbonyl (C=O) groups excluding carboxylic acids is 1. The Morgan fingerprint density at radius 2 is 2.24 bits per heavy atom. The van der Waals surface area contributed by atoms with Gasteiger partial charge in [-0.05, 0) is 12.1 Å². The van der Waals surface area contributed by atoms with Gasteiger partial charge in [0.1, 0.15) is 5.82 Å². The fourth-order valence-electron chi connectivity index (χ4n) is 2.88. The van der Waals surface area contributed by atoms with Crippen LogP contribution in [-0.4, -0.2) is 27.1 Å². The molecule has 1 aromatic carbocycles. The molecule has 2 aliphatic rings. The van der Waals surface area contributed by atoms with Crippen LogP contribution >= 0.6 is 11.6 Å². The van der Waals surface area contributed by atoms with Crippen LogP contribution in [-0.2, 0) is 17.9 Å². The Labute approximate surface area is 126 Å². The lowest BCUT2D eigenvalue weighted by Crippen LogP contribution is -2.33. The number of amides is 1. The van der Waals surface area contributed by atoms with Crippen LogP contribution in [0.1, 0.15) is 17.5 Å². The van der Waals surface area contributed by atoms with Gasteiger partial charge in [0.25, 0.3) is 5.91 Å². The zero-order chi connectivity index (χ0) is 14.6. The minimum Gasteiger partial charge on any atom is -0.378 e. The molecule has 2 aromatic rings. The molecule has 0 fully saturated rings. The van der Waals surface area contributed by atoms with E-state index in [1.54, 1.807) is 12.3 Å². The smallest absolute Gasteiger partial charge is 0.257 e. The Hall–Kier alpha value is -2.05. The summed E-state index contributed by atoms with van der Waals surface area (Å²) in [6, 6.07) is 3.49. The first-order valence-electron chi connectivity index (χ1n) is 6.71. The average molecular weight is 305 g/mol. The summed E-state index contributed by atoms with van der Waals surface area (Å²) in [6.45, 7) is 2.33. The van der Waals surface area contributed by atoms with E-state index in [4.69, 9.17) is 11.6 Å². The van der Waals surface area contributed by atoms with Gasteiger partial charge in [0, 0.05) is 36.7 Å². The molecule has 0 spiro atoms. The van der Waals surface area contributed by atoms with Crippen molar-refractivity contribution in [3.05, 3.63) is 40.9 Å². The molecule has 0 radical (unpaired) electrons. The van der Waals surface area contributed by atoms with Gasteiger partial charge in [0.2, 0.25) is 0 Å². The summed E-state index contributed by atoms with van der Waals surface area (Å²) >= 11 is 6.34. The number of aliphatic hydroxyl groups is 1. The van der Waals surface area contributed by atoms with Crippen LogP contribution in [0.2, 0.25) is 5.02 Å². The van der Waals surface area contributed by atoms with Crippen LogP contribution in [0.15, 0.2) is 24.5 Å². The molecule has 1 amide bonds. The molecule has 7 heteroatoms. The molecule has 0 aliphatic carbocycles. The predicted molar refractivity (Wildman–Crippen MR) is 78.3 cm³/mol. The van der Waals surface area contributed by atoms with Crippen molar-refractivity contribution in [2.24, 2.45) is 0 Å². The van der Waals surface area contributed by atoms with Gasteiger partial charge in [0.05, 0.1) is 17.3 Å². The topological polar surface area (TPSA) is 70.4 Å². The molecule has 4 rings (SSSR count). The summed E-state index contributed by atoms with van der Waals surface area (Å²) in [7, 11) is 0. The first kappa shape index (κ1) is 12.7. The molecular weight excluding hydrogens is 292 g/mol. The number of aromatic nitrogens is 2. The van der Waals surface area contributed by atoms with E-state index in [2.05, 4.69) is 19.8 Å². The number of nitrogens with one attached hydrogen (secondary N) is 1. The van der Waals surface area contributed by atoms with Crippen molar-refractivity contribution in [1.29, 1.82) is 0 Å². The molecule has 1 unspecified atom stereocenters. The third kappa shape index (κ3) is 1.91. The van der Waals surface area contributed by atoms with E-state index in [0.29, 0.717) is 22.8 Å². The monoisotopic (exact) mass is 304 g/mol. The van der Waals surface area contributed by atoms with E-state index < -0.39 is 12.0 Å². The van der Waals surface area contributed by atoms with E-state index >= 15 is 0 Å². The number of rotatable bonds is 1. The quantitative estimate of drug-likeness (QED) is 0.838. The standard InChI is InChI=1S/C14H13ClN4O2/c15-9-5-8-10(17-14(21)13(8)20)6-11(9)19-4-3-18-2-1-16-12(18)7-19/h1-2,5-6,13,20H,3-4,7H2,(H,17,21). The fraction of sp³-hybridized carbons (Fsp3) is 0.286. The van der Waals surface area contributed by atoms with Crippen molar-refractivity contribution in [3.8, 4) is 0 Å². The lowest BCUT2D eigenvalue weighted by Gasteiger charge is -2.30. The Bertz CT molecular complexity index is 743. The summed E-state index contributed by atoms with van der Waals surface area (Å²) < 4.78 is 2.11. The Balaban J connectivity index is 1.71. The van der Waals surface area contributed by atoms with Crippen molar-refractivity contribution < 1.29 is 9.90 Å². The Kier molecular flexibility index (Phi) is 2.70. The van der Waals surface area contributed by atoms with Gasteiger partial charge in [0.15, 0.2) is 6.10 Å². The van der Waals surface area contributed by atoms with Crippen LogP contribution in [0.5, 0.6) is 0 Å². The number of anilines is 2. The first-order chi connectivity index (χ1) is 10.1. The highest BCUT2D eigenvalue weighted by atomic mass is 35.5. The maximum atomic E-state index is 11.5. The molecule has 1 aromatic heterocycles. The molecule has 2 N–H and O–H groups in total. The van der Waals surface area contributed by atoms with Crippen LogP contribution < -0.4 is 10.2 Å². The molecule has 3 heterocycles. The SMILES string of the molecule is O=C1Nc2cc(N3CCn4ccnc4C3)c(Cl)cc2C1O. The molecule has 6 nitrogen and oxygen atoms in total. The number of imidazole rings is 1. The van der Waals surface area contributed by atoms with Crippen molar-refractivity contribution in [2.45, 2.75) is 19.2 Å². The maximum Gasteiger partial charge on any atom is 0.257 e. The van der Waals surface area contributed by atoms with Gasteiger partial charge >= 0.3 is 0 Å². The Morgan fingerprint density at radius 1 is 1.38 bits per heavy atom. The van der Waals surface area contributed by atoms with Gasteiger partial charge in [-0.1, -0.05) is 11.6 Å². The maximum absolute atomic E-state index is 11.5. The number of halogens is 1. The minimum absolute atomic E-state index is 0.410. The molecule has 0 saturated heterocycles. The van der Waals surface area contributed by atoms with Crippen molar-refractivity contribution >= 4 is 28.9 Å². The molecular formula is C14H13ClN4O2. The molecule has 21 heavy (non-hydrogen) atoms. The van der Waals surface area contributed by atoms with E-state index in [1.807, 2.05) is 12.3 Å². The summed E-state index contributed by atoms with van der Waals surface area (Å²) in [5.41, 5.74) is 2.01. The van der Waals surface area contributed by atoms with Gasteiger partial charge in [-0.15, -0.1) is 0 Å². The molecule has 108 valence electrons. The highest BCUT2D eigenvalue weighted by molar-refractivity contribution is 6.33. The predicted octanol–water partition coefficient (Wildman–Crippen LogP) is 1.54. The number of fused-ring (bicyclic) bond motifs is 2. The van der Waals surface area contributed by atoms with Crippen LogP contribution in [0.3, 0.4) is 0 Å². The number of carbonyl (C=O) groups is 1. The van der Waals surface area contributed by atoms with Crippen molar-refractivity contribution in [3.63, 3.8) is 0 Å². The lowest BCUT2D eigenvalue weighted by molar-refractivity contribution is -0.123. The van der Waals surface area contributed by atoms with Gasteiger partial charge < -0.3 is 19.9 Å². The van der Waals surface area contributed by atoms with E-state index in [0.717, 1.165) is 24.6 Å². The van der Waals surface area contributed by atoms with Gasteiger partial charge in [-0.3, -0.25) is 4.79 Å². The number of benzene rings is 1. The van der Waals surface area contributed by atoms with Gasteiger partial charge in [-0.25, -0.2) is 4.98 Å². The molecule has 2 aliphatic heterocycles. The zero-order valence-electron chi connectivity index (χ0n) is 11.1. The van der Waals surface area contributed by atoms with Gasteiger partial charge in [-0.2, -0.15) is 0 Å².